The Balaban J connectivity index is 3.73. The van der Waals surface area contributed by atoms with Crippen LogP contribution in [0.25, 0.3) is 0 Å². The average molecular weight is 230 g/mol. The second-order valence-electron chi connectivity index (χ2n) is 3.34. The summed E-state index contributed by atoms with van der Waals surface area (Å²) in [4.78, 5) is 11.4. The van der Waals surface area contributed by atoms with E-state index in [0.717, 1.165) is 0 Å². The van der Waals surface area contributed by atoms with Crippen molar-refractivity contribution in [1.82, 2.24) is 4.57 Å². The van der Waals surface area contributed by atoms with E-state index in [4.69, 9.17) is 5.73 Å². The number of hydrogen-bond donors (Lipinski definition) is 1. The minimum Gasteiger partial charge on any atom is -0.397 e. The predicted octanol–water partition coefficient (Wildman–Crippen LogP) is 0.0695. The van der Waals surface area contributed by atoms with Crippen LogP contribution >= 0.6 is 0 Å². The number of nitrogens with zero attached hydrogens (tertiary/aromatic N) is 1. The Morgan fingerprint density at radius 1 is 1.47 bits per heavy atom. The van der Waals surface area contributed by atoms with Crippen molar-refractivity contribution >= 4 is 15.5 Å². The van der Waals surface area contributed by atoms with E-state index in [1.807, 2.05) is 0 Å². The first-order valence-electron chi connectivity index (χ1n) is 4.50. The van der Waals surface area contributed by atoms with Crippen LogP contribution < -0.4 is 11.3 Å². The van der Waals surface area contributed by atoms with E-state index in [1.165, 1.54) is 24.6 Å². The molecule has 2 N–H and O–H groups in total. The lowest BCUT2D eigenvalue weighted by atomic mass is 10.3. The highest BCUT2D eigenvalue weighted by molar-refractivity contribution is 7.91. The average Bonchev–Trinajstić information content (AvgIpc) is 2.14. The van der Waals surface area contributed by atoms with Crippen molar-refractivity contribution in [2.24, 2.45) is 7.05 Å². The van der Waals surface area contributed by atoms with E-state index < -0.39 is 15.4 Å². The van der Waals surface area contributed by atoms with E-state index >= 15 is 0 Å². The van der Waals surface area contributed by atoms with E-state index in [0.29, 0.717) is 5.69 Å². The summed E-state index contributed by atoms with van der Waals surface area (Å²) in [6.07, 6.45) is 0. The smallest absolute Gasteiger partial charge is 0.271 e. The van der Waals surface area contributed by atoms with E-state index in [1.54, 1.807) is 6.92 Å². The summed E-state index contributed by atoms with van der Waals surface area (Å²) in [5, 5.41) is 0. The zero-order valence-electron chi connectivity index (χ0n) is 8.94. The van der Waals surface area contributed by atoms with Gasteiger partial charge in [0.25, 0.3) is 5.56 Å². The Hall–Kier alpha value is -1.30. The van der Waals surface area contributed by atoms with Crippen LogP contribution in [0, 0.1) is 6.92 Å². The molecule has 0 aliphatic carbocycles. The Bertz CT molecular complexity index is 543. The van der Waals surface area contributed by atoms with Crippen molar-refractivity contribution in [3.63, 3.8) is 0 Å². The molecule has 0 bridgehead atoms. The molecule has 0 aliphatic heterocycles. The minimum absolute atomic E-state index is 0.0254. The number of nitrogen functional groups attached to an aromatic ring is 1. The van der Waals surface area contributed by atoms with Crippen molar-refractivity contribution in [3.8, 4) is 0 Å². The number of pyridine rings is 1. The normalized spacial score (nSPS) is 11.7. The monoisotopic (exact) mass is 230 g/mol. The first kappa shape index (κ1) is 11.8. The van der Waals surface area contributed by atoms with Gasteiger partial charge in [-0.05, 0) is 13.0 Å². The van der Waals surface area contributed by atoms with Gasteiger partial charge >= 0.3 is 0 Å². The zero-order valence-corrected chi connectivity index (χ0v) is 9.76. The Labute approximate surface area is 88.4 Å². The molecule has 0 atom stereocenters. The number of sulfone groups is 1. The van der Waals surface area contributed by atoms with Crippen LogP contribution in [0.2, 0.25) is 0 Å². The third-order valence-electron chi connectivity index (χ3n) is 2.35. The first-order valence-corrected chi connectivity index (χ1v) is 6.15. The van der Waals surface area contributed by atoms with Gasteiger partial charge in [-0.25, -0.2) is 8.42 Å². The summed E-state index contributed by atoms with van der Waals surface area (Å²) in [5.74, 6) is -0.129. The predicted molar refractivity (Wildman–Crippen MR) is 58.6 cm³/mol. The molecule has 15 heavy (non-hydrogen) atoms. The fourth-order valence-electron chi connectivity index (χ4n) is 1.28. The maximum absolute atomic E-state index is 11.7. The van der Waals surface area contributed by atoms with Gasteiger partial charge in [0.05, 0.1) is 11.4 Å². The van der Waals surface area contributed by atoms with Crippen molar-refractivity contribution in [2.75, 3.05) is 11.5 Å². The van der Waals surface area contributed by atoms with Gasteiger partial charge < -0.3 is 10.3 Å². The fourth-order valence-corrected chi connectivity index (χ4v) is 2.39. The van der Waals surface area contributed by atoms with Crippen LogP contribution in [0.4, 0.5) is 5.69 Å². The third-order valence-corrected chi connectivity index (χ3v) is 4.14. The van der Waals surface area contributed by atoms with Crippen LogP contribution in [0.5, 0.6) is 0 Å². The van der Waals surface area contributed by atoms with Crippen molar-refractivity contribution < 1.29 is 8.42 Å². The molecule has 0 unspecified atom stereocenters. The molecule has 6 heteroatoms. The lowest BCUT2D eigenvalue weighted by Gasteiger charge is -2.09. The molecule has 0 fully saturated rings. The number of nitrogens with two attached hydrogens (primary N) is 1. The van der Waals surface area contributed by atoms with E-state index in [2.05, 4.69) is 0 Å². The van der Waals surface area contributed by atoms with Gasteiger partial charge in [0.15, 0.2) is 14.7 Å². The molecule has 1 rings (SSSR count). The molecular weight excluding hydrogens is 216 g/mol. The van der Waals surface area contributed by atoms with Gasteiger partial charge in [-0.2, -0.15) is 0 Å². The molecule has 0 aliphatic rings. The molecule has 1 aromatic heterocycles. The molecule has 1 aromatic rings. The van der Waals surface area contributed by atoms with Crippen molar-refractivity contribution in [2.45, 2.75) is 18.7 Å². The molecule has 5 nitrogen and oxygen atoms in total. The zero-order chi connectivity index (χ0) is 11.8. The highest BCUT2D eigenvalue weighted by Crippen LogP contribution is 2.15. The van der Waals surface area contributed by atoms with Crippen LogP contribution in [-0.2, 0) is 16.9 Å². The van der Waals surface area contributed by atoms with Crippen LogP contribution in [0.15, 0.2) is 15.8 Å². The SMILES string of the molecule is CCS(=O)(=O)c1c(N)cc(C)n(C)c1=O. The van der Waals surface area contributed by atoms with E-state index in [-0.39, 0.29) is 16.3 Å². The van der Waals surface area contributed by atoms with Gasteiger partial charge in [0.1, 0.15) is 0 Å². The highest BCUT2D eigenvalue weighted by Gasteiger charge is 2.21. The summed E-state index contributed by atoms with van der Waals surface area (Å²) < 4.78 is 24.5. The molecule has 0 spiro atoms. The van der Waals surface area contributed by atoms with Gasteiger partial charge in [-0.1, -0.05) is 6.92 Å². The molecule has 0 radical (unpaired) electrons. The van der Waals surface area contributed by atoms with Gasteiger partial charge in [-0.15, -0.1) is 0 Å². The lowest BCUT2D eigenvalue weighted by Crippen LogP contribution is -2.27. The number of rotatable bonds is 2. The Kier molecular flexibility index (Phi) is 2.90. The largest absolute Gasteiger partial charge is 0.397 e. The second kappa shape index (κ2) is 3.69. The van der Waals surface area contributed by atoms with Gasteiger partial charge in [0, 0.05) is 12.7 Å². The number of hydrogen-bond acceptors (Lipinski definition) is 4. The van der Waals surface area contributed by atoms with Crippen LogP contribution in [-0.4, -0.2) is 18.7 Å². The number of anilines is 1. The lowest BCUT2D eigenvalue weighted by molar-refractivity contribution is 0.594. The molecule has 0 saturated carbocycles. The number of aromatic nitrogens is 1. The minimum atomic E-state index is -3.56. The summed E-state index contributed by atoms with van der Waals surface area (Å²) in [6, 6.07) is 1.49. The van der Waals surface area contributed by atoms with Crippen LogP contribution in [0.1, 0.15) is 12.6 Å². The van der Waals surface area contributed by atoms with Crippen molar-refractivity contribution in [3.05, 3.63) is 22.1 Å². The molecule has 0 amide bonds. The first-order chi connectivity index (χ1) is 6.81. The Morgan fingerprint density at radius 2 is 2.00 bits per heavy atom. The fraction of sp³-hybridized carbons (Fsp3) is 0.444. The van der Waals surface area contributed by atoms with Gasteiger partial charge in [-0.3, -0.25) is 4.79 Å². The molecule has 0 saturated heterocycles. The maximum atomic E-state index is 11.7. The topological polar surface area (TPSA) is 82.2 Å². The molecular formula is C9H14N2O3S. The third kappa shape index (κ3) is 1.90. The Morgan fingerprint density at radius 3 is 2.47 bits per heavy atom. The van der Waals surface area contributed by atoms with E-state index in [9.17, 15) is 13.2 Å². The maximum Gasteiger partial charge on any atom is 0.271 e. The quantitative estimate of drug-likeness (QED) is 0.779. The van der Waals surface area contributed by atoms with Crippen LogP contribution in [0.3, 0.4) is 0 Å². The summed E-state index contributed by atoms with van der Waals surface area (Å²) >= 11 is 0. The summed E-state index contributed by atoms with van der Waals surface area (Å²) in [5.41, 5.74) is 5.66. The number of aryl methyl sites for hydroxylation is 1. The summed E-state index contributed by atoms with van der Waals surface area (Å²) in [7, 11) is -2.04. The molecule has 0 aromatic carbocycles. The molecule has 84 valence electrons. The molecule has 1 heterocycles. The second-order valence-corrected chi connectivity index (χ2v) is 5.55. The van der Waals surface area contributed by atoms with Gasteiger partial charge in [0.2, 0.25) is 0 Å². The van der Waals surface area contributed by atoms with Crippen molar-refractivity contribution in [1.29, 1.82) is 0 Å². The summed E-state index contributed by atoms with van der Waals surface area (Å²) in [6.45, 7) is 3.17. The highest BCUT2D eigenvalue weighted by atomic mass is 32.2. The standard InChI is InChI=1S/C9H14N2O3S/c1-4-15(13,14)8-7(10)5-6(2)11(3)9(8)12/h5H,4,10H2,1-3H3.